The lowest BCUT2D eigenvalue weighted by atomic mass is 10.2. The van der Waals surface area contributed by atoms with Crippen LogP contribution in [0.15, 0.2) is 34.7 Å². The number of ether oxygens (including phenoxy) is 1. The maximum absolute atomic E-state index is 11.9. The molecule has 1 rings (SSSR count). The summed E-state index contributed by atoms with van der Waals surface area (Å²) in [6.45, 7) is 3.26. The molecule has 3 N–H and O–H groups in total. The molecular formula is C11H13ClN2O4S. The number of rotatable bonds is 5. The summed E-state index contributed by atoms with van der Waals surface area (Å²) in [6, 6.07) is 3.77. The Hall–Kier alpha value is -1.57. The third kappa shape index (κ3) is 3.95. The normalized spacial score (nSPS) is 11.1. The quantitative estimate of drug-likeness (QED) is 0.626. The minimum absolute atomic E-state index is 0.0596. The number of benzene rings is 1. The Kier molecular flexibility index (Phi) is 4.93. The number of nitrogens with one attached hydrogen (secondary N) is 1. The van der Waals surface area contributed by atoms with E-state index in [1.165, 1.54) is 25.3 Å². The van der Waals surface area contributed by atoms with Crippen LogP contribution in [0, 0.1) is 0 Å². The Morgan fingerprint density at radius 2 is 2.16 bits per heavy atom. The summed E-state index contributed by atoms with van der Waals surface area (Å²) in [6.07, 6.45) is 0. The van der Waals surface area contributed by atoms with E-state index < -0.39 is 16.0 Å². The zero-order valence-corrected chi connectivity index (χ0v) is 11.7. The van der Waals surface area contributed by atoms with Gasteiger partial charge in [-0.25, -0.2) is 17.9 Å². The van der Waals surface area contributed by atoms with E-state index in [0.29, 0.717) is 0 Å². The van der Waals surface area contributed by atoms with Crippen LogP contribution < -0.4 is 10.5 Å². The van der Waals surface area contributed by atoms with Crippen molar-refractivity contribution in [3.05, 3.63) is 35.4 Å². The van der Waals surface area contributed by atoms with Gasteiger partial charge in [0.2, 0.25) is 10.0 Å². The topological polar surface area (TPSA) is 98.5 Å². The first-order chi connectivity index (χ1) is 8.77. The fourth-order valence-corrected chi connectivity index (χ4v) is 2.57. The minimum Gasteiger partial charge on any atom is -0.465 e. The second-order valence-electron chi connectivity index (χ2n) is 3.59. The fraction of sp³-hybridized carbons (Fsp3) is 0.182. The molecule has 0 aliphatic rings. The Labute approximate surface area is 116 Å². The number of anilines is 1. The number of halogens is 1. The van der Waals surface area contributed by atoms with E-state index in [1.54, 1.807) is 0 Å². The standard InChI is InChI=1S/C11H13ClN2O4S/c1-7(12)6-14-19(16,17)10-4-3-8(5-9(10)13)11(15)18-2/h3-5,14H,1,6,13H2,2H3. The van der Waals surface area contributed by atoms with Crippen molar-refractivity contribution in [2.75, 3.05) is 19.4 Å². The van der Waals surface area contributed by atoms with Gasteiger partial charge < -0.3 is 10.5 Å². The molecule has 1 aromatic rings. The van der Waals surface area contributed by atoms with Crippen LogP contribution in [0.2, 0.25) is 0 Å². The molecule has 19 heavy (non-hydrogen) atoms. The van der Waals surface area contributed by atoms with E-state index in [0.717, 1.165) is 0 Å². The SMILES string of the molecule is C=C(Cl)CNS(=O)(=O)c1ccc(C(=O)OC)cc1N. The number of carbonyl (C=O) groups is 1. The van der Waals surface area contributed by atoms with Gasteiger partial charge in [0, 0.05) is 11.6 Å². The van der Waals surface area contributed by atoms with Crippen LogP contribution in [0.5, 0.6) is 0 Å². The predicted octanol–water partition coefficient (Wildman–Crippen LogP) is 1.09. The Balaban J connectivity index is 3.08. The van der Waals surface area contributed by atoms with E-state index in [1.807, 2.05) is 0 Å². The summed E-state index contributed by atoms with van der Waals surface area (Å²) in [5.74, 6) is -0.599. The third-order valence-corrected chi connectivity index (χ3v) is 3.78. The summed E-state index contributed by atoms with van der Waals surface area (Å²) >= 11 is 5.48. The largest absolute Gasteiger partial charge is 0.465 e. The molecule has 6 nitrogen and oxygen atoms in total. The number of sulfonamides is 1. The number of nitrogens with two attached hydrogens (primary N) is 1. The van der Waals surface area contributed by atoms with Crippen molar-refractivity contribution in [2.24, 2.45) is 0 Å². The Morgan fingerprint density at radius 3 is 2.63 bits per heavy atom. The summed E-state index contributed by atoms with van der Waals surface area (Å²) in [5, 5.41) is 0.147. The summed E-state index contributed by atoms with van der Waals surface area (Å²) < 4.78 is 30.5. The number of esters is 1. The van der Waals surface area contributed by atoms with E-state index in [4.69, 9.17) is 17.3 Å². The molecule has 0 saturated carbocycles. The predicted molar refractivity (Wildman–Crippen MR) is 72.4 cm³/mol. The van der Waals surface area contributed by atoms with Crippen molar-refractivity contribution in [1.29, 1.82) is 0 Å². The van der Waals surface area contributed by atoms with Crippen molar-refractivity contribution in [1.82, 2.24) is 4.72 Å². The molecule has 0 amide bonds. The Bertz CT molecular complexity index is 613. The molecule has 1 aromatic carbocycles. The zero-order valence-electron chi connectivity index (χ0n) is 10.1. The highest BCUT2D eigenvalue weighted by Gasteiger charge is 2.18. The van der Waals surface area contributed by atoms with Crippen LogP contribution >= 0.6 is 11.6 Å². The van der Waals surface area contributed by atoms with Crippen molar-refractivity contribution in [2.45, 2.75) is 4.90 Å². The monoisotopic (exact) mass is 304 g/mol. The molecule has 0 aliphatic carbocycles. The van der Waals surface area contributed by atoms with E-state index in [2.05, 4.69) is 16.0 Å². The highest BCUT2D eigenvalue weighted by Crippen LogP contribution is 2.20. The second-order valence-corrected chi connectivity index (χ2v) is 5.86. The number of nitrogen functional groups attached to an aromatic ring is 1. The first-order valence-corrected chi connectivity index (χ1v) is 6.95. The van der Waals surface area contributed by atoms with Crippen LogP contribution in [-0.4, -0.2) is 28.0 Å². The zero-order chi connectivity index (χ0) is 14.6. The average molecular weight is 305 g/mol. The molecule has 0 bridgehead atoms. The molecule has 104 valence electrons. The number of methoxy groups -OCH3 is 1. The van der Waals surface area contributed by atoms with Gasteiger partial charge in [-0.3, -0.25) is 0 Å². The first-order valence-electron chi connectivity index (χ1n) is 5.08. The lowest BCUT2D eigenvalue weighted by Gasteiger charge is -2.09. The van der Waals surface area contributed by atoms with Crippen molar-refractivity contribution in [3.63, 3.8) is 0 Å². The van der Waals surface area contributed by atoms with Crippen LogP contribution in [0.4, 0.5) is 5.69 Å². The molecule has 0 radical (unpaired) electrons. The Morgan fingerprint density at radius 1 is 1.53 bits per heavy atom. The van der Waals surface area contributed by atoms with Crippen LogP contribution in [0.3, 0.4) is 0 Å². The van der Waals surface area contributed by atoms with Crippen LogP contribution in [0.1, 0.15) is 10.4 Å². The first kappa shape index (κ1) is 15.5. The lowest BCUT2D eigenvalue weighted by Crippen LogP contribution is -2.25. The molecule has 0 aliphatic heterocycles. The molecular weight excluding hydrogens is 292 g/mol. The molecule has 0 saturated heterocycles. The van der Waals surface area contributed by atoms with Crippen molar-refractivity contribution in [3.8, 4) is 0 Å². The van der Waals surface area contributed by atoms with Crippen LogP contribution in [-0.2, 0) is 14.8 Å². The minimum atomic E-state index is -3.81. The average Bonchev–Trinajstić information content (AvgIpc) is 2.35. The maximum Gasteiger partial charge on any atom is 0.337 e. The molecule has 0 unspecified atom stereocenters. The van der Waals surface area contributed by atoms with E-state index in [-0.39, 0.29) is 27.7 Å². The smallest absolute Gasteiger partial charge is 0.337 e. The van der Waals surface area contributed by atoms with E-state index >= 15 is 0 Å². The summed E-state index contributed by atoms with van der Waals surface area (Å²) in [5.41, 5.74) is 5.73. The summed E-state index contributed by atoms with van der Waals surface area (Å²) in [4.78, 5) is 11.1. The van der Waals surface area contributed by atoms with Crippen molar-refractivity contribution >= 4 is 33.3 Å². The van der Waals surface area contributed by atoms with Gasteiger partial charge in [-0.15, -0.1) is 0 Å². The van der Waals surface area contributed by atoms with Gasteiger partial charge >= 0.3 is 5.97 Å². The number of carbonyl (C=O) groups excluding carboxylic acids is 1. The molecule has 8 heteroatoms. The van der Waals surface area contributed by atoms with Gasteiger partial charge in [0.15, 0.2) is 0 Å². The molecule has 0 aromatic heterocycles. The molecule has 0 spiro atoms. The second kappa shape index (κ2) is 6.05. The number of hydrogen-bond donors (Lipinski definition) is 2. The van der Waals surface area contributed by atoms with Gasteiger partial charge in [-0.1, -0.05) is 18.2 Å². The van der Waals surface area contributed by atoms with E-state index in [9.17, 15) is 13.2 Å². The van der Waals surface area contributed by atoms with Crippen LogP contribution in [0.25, 0.3) is 0 Å². The lowest BCUT2D eigenvalue weighted by molar-refractivity contribution is 0.0600. The third-order valence-electron chi connectivity index (χ3n) is 2.17. The van der Waals surface area contributed by atoms with Crippen molar-refractivity contribution < 1.29 is 17.9 Å². The van der Waals surface area contributed by atoms with Gasteiger partial charge in [-0.05, 0) is 18.2 Å². The fourth-order valence-electron chi connectivity index (χ4n) is 1.29. The molecule has 0 fully saturated rings. The highest BCUT2D eigenvalue weighted by atomic mass is 35.5. The van der Waals surface area contributed by atoms with Gasteiger partial charge in [0.05, 0.1) is 18.4 Å². The molecule has 0 atom stereocenters. The van der Waals surface area contributed by atoms with Gasteiger partial charge in [0.1, 0.15) is 4.90 Å². The molecule has 0 heterocycles. The van der Waals surface area contributed by atoms with Gasteiger partial charge in [-0.2, -0.15) is 0 Å². The summed E-state index contributed by atoms with van der Waals surface area (Å²) in [7, 11) is -2.59. The number of hydrogen-bond acceptors (Lipinski definition) is 5. The van der Waals surface area contributed by atoms with Gasteiger partial charge in [0.25, 0.3) is 0 Å². The highest BCUT2D eigenvalue weighted by molar-refractivity contribution is 7.89. The maximum atomic E-state index is 11.9.